The summed E-state index contributed by atoms with van der Waals surface area (Å²) in [7, 11) is 0. The van der Waals surface area contributed by atoms with Crippen LogP contribution in [-0.4, -0.2) is 24.3 Å². The molecule has 0 heterocycles. The van der Waals surface area contributed by atoms with Crippen LogP contribution >= 0.6 is 0 Å². The Bertz CT molecular complexity index is 959. The van der Waals surface area contributed by atoms with E-state index in [0.717, 1.165) is 40.5 Å². The van der Waals surface area contributed by atoms with E-state index < -0.39 is 5.97 Å². The van der Waals surface area contributed by atoms with Gasteiger partial charge in [0, 0.05) is 29.2 Å². The van der Waals surface area contributed by atoms with Gasteiger partial charge in [0.2, 0.25) is 0 Å². The average molecular weight is 439 g/mol. The highest BCUT2D eigenvalue weighted by atomic mass is 16.5. The van der Waals surface area contributed by atoms with E-state index in [9.17, 15) is 9.90 Å². The van der Waals surface area contributed by atoms with Gasteiger partial charge in [0.05, 0.1) is 13.2 Å². The fourth-order valence-corrected chi connectivity index (χ4v) is 3.46. The van der Waals surface area contributed by atoms with Gasteiger partial charge in [-0.1, -0.05) is 67.2 Å². The van der Waals surface area contributed by atoms with Gasteiger partial charge in [0.1, 0.15) is 11.5 Å². The van der Waals surface area contributed by atoms with E-state index in [2.05, 4.69) is 67.2 Å². The maximum atomic E-state index is 11.4. The van der Waals surface area contributed by atoms with Gasteiger partial charge in [0.15, 0.2) is 0 Å². The molecule has 174 valence electrons. The first-order chi connectivity index (χ1) is 14.9. The lowest BCUT2D eigenvalue weighted by molar-refractivity contribution is -0.137. The topological polar surface area (TPSA) is 55.8 Å². The van der Waals surface area contributed by atoms with Crippen LogP contribution in [0.2, 0.25) is 0 Å². The molecule has 0 bridgehead atoms. The van der Waals surface area contributed by atoms with E-state index in [4.69, 9.17) is 9.47 Å². The lowest BCUT2D eigenvalue weighted by Gasteiger charge is -2.29. The van der Waals surface area contributed by atoms with Crippen LogP contribution in [0.4, 0.5) is 0 Å². The molecule has 0 saturated heterocycles. The van der Waals surface area contributed by atoms with Crippen molar-refractivity contribution in [3.63, 3.8) is 0 Å². The molecule has 2 aromatic carbocycles. The van der Waals surface area contributed by atoms with Gasteiger partial charge >= 0.3 is 5.97 Å². The molecule has 0 spiro atoms. The van der Waals surface area contributed by atoms with Gasteiger partial charge in [-0.15, -0.1) is 0 Å². The molecule has 4 heteroatoms. The minimum atomic E-state index is -0.438. The van der Waals surface area contributed by atoms with E-state index >= 15 is 0 Å². The van der Waals surface area contributed by atoms with Gasteiger partial charge in [-0.2, -0.15) is 0 Å². The summed E-state index contributed by atoms with van der Waals surface area (Å²) in [5.41, 5.74) is 4.69. The molecule has 0 radical (unpaired) electrons. The van der Waals surface area contributed by atoms with Gasteiger partial charge in [-0.05, 0) is 46.6 Å². The molecular weight excluding hydrogens is 400 g/mol. The number of hydrogen-bond donors (Lipinski definition) is 1. The Labute approximate surface area is 193 Å². The summed E-state index contributed by atoms with van der Waals surface area (Å²) in [5, 5.41) is 10.8. The summed E-state index contributed by atoms with van der Waals surface area (Å²) in [5.74, 6) is 0.578. The van der Waals surface area contributed by atoms with Gasteiger partial charge in [0.25, 0.3) is 0 Å². The Morgan fingerprint density at radius 2 is 1.69 bits per heavy atom. The number of hydrogen-bond acceptors (Lipinski definition) is 4. The number of aromatic hydroxyl groups is 1. The zero-order chi connectivity index (χ0) is 24.1. The van der Waals surface area contributed by atoms with Crippen molar-refractivity contribution in [2.24, 2.45) is 0 Å². The first-order valence-electron chi connectivity index (χ1n) is 11.3. The molecular formula is C28H38O4. The molecule has 0 aliphatic heterocycles. The number of carbonyl (C=O) groups excluding carboxylic acids is 1. The summed E-state index contributed by atoms with van der Waals surface area (Å²) in [6.07, 6.45) is 2.60. The normalized spacial score (nSPS) is 11.8. The number of ether oxygens (including phenoxy) is 2. The number of benzene rings is 2. The number of carbonyl (C=O) groups is 1. The third kappa shape index (κ3) is 6.38. The summed E-state index contributed by atoms with van der Waals surface area (Å²) in [4.78, 5) is 11.4. The zero-order valence-electron chi connectivity index (χ0n) is 20.7. The number of phenolic OH excluding ortho intramolecular Hbond substituents is 1. The molecule has 4 nitrogen and oxygen atoms in total. The lowest BCUT2D eigenvalue weighted by Crippen LogP contribution is -2.18. The second-order valence-electron chi connectivity index (χ2n) is 10.2. The quantitative estimate of drug-likeness (QED) is 0.367. The Kier molecular flexibility index (Phi) is 8.17. The second kappa shape index (κ2) is 10.2. The summed E-state index contributed by atoms with van der Waals surface area (Å²) >= 11 is 0. The van der Waals surface area contributed by atoms with Crippen molar-refractivity contribution in [3.05, 3.63) is 59.7 Å². The maximum absolute atomic E-state index is 11.4. The molecule has 2 rings (SSSR count). The van der Waals surface area contributed by atoms with Crippen LogP contribution in [-0.2, 0) is 26.8 Å². The molecule has 0 fully saturated rings. The molecule has 0 aliphatic rings. The fourth-order valence-electron chi connectivity index (χ4n) is 3.46. The molecule has 0 unspecified atom stereocenters. The van der Waals surface area contributed by atoms with Crippen LogP contribution in [0.1, 0.15) is 71.6 Å². The third-order valence-electron chi connectivity index (χ3n) is 5.37. The van der Waals surface area contributed by atoms with E-state index in [1.807, 2.05) is 12.1 Å². The molecule has 0 aromatic heterocycles. The predicted molar refractivity (Wildman–Crippen MR) is 132 cm³/mol. The number of phenols is 1. The second-order valence-corrected chi connectivity index (χ2v) is 10.2. The monoisotopic (exact) mass is 438 g/mol. The Balaban J connectivity index is 2.67. The molecule has 0 saturated carbocycles. The minimum absolute atomic E-state index is 0.0653. The molecule has 32 heavy (non-hydrogen) atoms. The molecule has 2 aromatic rings. The van der Waals surface area contributed by atoms with Crippen molar-refractivity contribution >= 4 is 5.97 Å². The number of rotatable bonds is 8. The summed E-state index contributed by atoms with van der Waals surface area (Å²) < 4.78 is 11.4. The van der Waals surface area contributed by atoms with Crippen LogP contribution in [0.15, 0.2) is 43.0 Å². The molecule has 0 aliphatic carbocycles. The predicted octanol–water partition coefficient (Wildman–Crippen LogP) is 6.71. The minimum Gasteiger partial charge on any atom is -0.507 e. The van der Waals surface area contributed by atoms with Crippen molar-refractivity contribution < 1.29 is 19.4 Å². The summed E-state index contributed by atoms with van der Waals surface area (Å²) in [6.45, 7) is 19.5. The Morgan fingerprint density at radius 1 is 1.00 bits per heavy atom. The van der Waals surface area contributed by atoms with Crippen LogP contribution in [0.3, 0.4) is 0 Å². The first kappa shape index (κ1) is 25.5. The van der Waals surface area contributed by atoms with E-state index in [1.54, 1.807) is 6.07 Å². The first-order valence-corrected chi connectivity index (χ1v) is 11.3. The maximum Gasteiger partial charge on any atom is 0.330 e. The molecule has 0 atom stereocenters. The Hall–Kier alpha value is -2.75. The van der Waals surface area contributed by atoms with Crippen molar-refractivity contribution in [1.82, 2.24) is 0 Å². The van der Waals surface area contributed by atoms with Crippen LogP contribution in [0.5, 0.6) is 11.5 Å². The largest absolute Gasteiger partial charge is 0.507 e. The summed E-state index contributed by atoms with van der Waals surface area (Å²) in [6, 6.07) is 9.89. The van der Waals surface area contributed by atoms with Gasteiger partial charge in [-0.3, -0.25) is 0 Å². The van der Waals surface area contributed by atoms with Crippen LogP contribution in [0, 0.1) is 0 Å². The van der Waals surface area contributed by atoms with E-state index in [-0.39, 0.29) is 23.2 Å². The Morgan fingerprint density at radius 3 is 2.25 bits per heavy atom. The SMILES string of the molecule is C=CC(=O)OCCc1ccc(O)c(-c2cc(C(C)(C)C)cc(C(C)(C)C)c2OCCC)c1. The lowest BCUT2D eigenvalue weighted by atomic mass is 9.78. The van der Waals surface area contributed by atoms with Crippen molar-refractivity contribution in [3.8, 4) is 22.6 Å². The fraction of sp³-hybridized carbons (Fsp3) is 0.464. The van der Waals surface area contributed by atoms with Crippen LogP contribution in [0.25, 0.3) is 11.1 Å². The number of esters is 1. The molecule has 0 amide bonds. The zero-order valence-corrected chi connectivity index (χ0v) is 20.7. The third-order valence-corrected chi connectivity index (χ3v) is 5.37. The smallest absolute Gasteiger partial charge is 0.330 e. The van der Waals surface area contributed by atoms with Crippen molar-refractivity contribution in [1.29, 1.82) is 0 Å². The van der Waals surface area contributed by atoms with Gasteiger partial charge < -0.3 is 14.6 Å². The average Bonchev–Trinajstić information content (AvgIpc) is 2.71. The highest BCUT2D eigenvalue weighted by molar-refractivity contribution is 5.81. The molecule has 1 N–H and O–H groups in total. The van der Waals surface area contributed by atoms with E-state index in [0.29, 0.717) is 13.0 Å². The highest BCUT2D eigenvalue weighted by Crippen LogP contribution is 2.45. The standard InChI is InChI=1S/C28H38O4/c1-9-14-32-26-22(17-20(27(3,4)5)18-23(26)28(6,7)8)21-16-19(11-12-24(21)29)13-15-31-25(30)10-2/h10-12,16-18,29H,2,9,13-15H2,1,3-8H3. The van der Waals surface area contributed by atoms with Crippen molar-refractivity contribution in [2.75, 3.05) is 13.2 Å². The van der Waals surface area contributed by atoms with Gasteiger partial charge in [-0.25, -0.2) is 4.79 Å². The van der Waals surface area contributed by atoms with Crippen LogP contribution < -0.4 is 4.74 Å². The van der Waals surface area contributed by atoms with E-state index in [1.165, 1.54) is 5.56 Å². The van der Waals surface area contributed by atoms with Crippen molar-refractivity contribution in [2.45, 2.75) is 72.1 Å². The highest BCUT2D eigenvalue weighted by Gasteiger charge is 2.27.